The summed E-state index contributed by atoms with van der Waals surface area (Å²) in [5.74, 6) is 1.33. The fourth-order valence-electron chi connectivity index (χ4n) is 2.80. The van der Waals surface area contributed by atoms with Crippen LogP contribution in [0.3, 0.4) is 0 Å². The highest BCUT2D eigenvalue weighted by Crippen LogP contribution is 2.50. The van der Waals surface area contributed by atoms with Crippen LogP contribution < -0.4 is 0 Å². The third-order valence-corrected chi connectivity index (χ3v) is 5.26. The van der Waals surface area contributed by atoms with Crippen LogP contribution in [0.2, 0.25) is 0 Å². The van der Waals surface area contributed by atoms with E-state index in [1.54, 1.807) is 11.8 Å². The lowest BCUT2D eigenvalue weighted by Gasteiger charge is -2.47. The number of halogens is 1. The molecule has 1 heterocycles. The molecule has 1 fully saturated rings. The Balaban J connectivity index is 2.59. The Morgan fingerprint density at radius 3 is 2.50 bits per heavy atom. The molecule has 0 amide bonds. The first-order valence-corrected chi connectivity index (χ1v) is 7.51. The van der Waals surface area contributed by atoms with E-state index in [-0.39, 0.29) is 11.2 Å². The van der Waals surface area contributed by atoms with Crippen molar-refractivity contribution >= 4 is 11.8 Å². The van der Waals surface area contributed by atoms with E-state index in [2.05, 4.69) is 0 Å². The maximum Gasteiger partial charge on any atom is 0.129 e. The number of thioether (sulfide) groups is 1. The molecular weight excluding hydrogens is 247 g/mol. The molecule has 1 nitrogen and oxygen atoms in total. The molecule has 0 bridgehead atoms. The summed E-state index contributed by atoms with van der Waals surface area (Å²) in [7, 11) is 0. The van der Waals surface area contributed by atoms with E-state index in [1.807, 2.05) is 33.8 Å². The molecule has 100 valence electrons. The smallest absolute Gasteiger partial charge is 0.129 e. The van der Waals surface area contributed by atoms with Gasteiger partial charge in [-0.25, -0.2) is 4.39 Å². The molecule has 0 aliphatic carbocycles. The minimum absolute atomic E-state index is 0.273. The lowest BCUT2D eigenvalue weighted by atomic mass is 9.68. The zero-order valence-corrected chi connectivity index (χ0v) is 12.3. The van der Waals surface area contributed by atoms with Crippen molar-refractivity contribution in [3.05, 3.63) is 34.6 Å². The highest BCUT2D eigenvalue weighted by molar-refractivity contribution is 7.99. The first-order chi connectivity index (χ1) is 8.28. The second-order valence-electron chi connectivity index (χ2n) is 5.99. The topological polar surface area (TPSA) is 20.2 Å². The second kappa shape index (κ2) is 4.53. The Bertz CT molecular complexity index is 447. The van der Waals surface area contributed by atoms with Crippen molar-refractivity contribution in [1.82, 2.24) is 0 Å². The Kier molecular flexibility index (Phi) is 3.50. The summed E-state index contributed by atoms with van der Waals surface area (Å²) in [6, 6.07) is 3.47. The quantitative estimate of drug-likeness (QED) is 0.836. The molecule has 18 heavy (non-hydrogen) atoms. The van der Waals surface area contributed by atoms with Crippen molar-refractivity contribution < 1.29 is 9.50 Å². The third-order valence-electron chi connectivity index (χ3n) is 4.15. The Labute approximate surface area is 113 Å². The molecule has 1 atom stereocenters. The highest BCUT2D eigenvalue weighted by atomic mass is 32.2. The molecule has 1 N–H and O–H groups in total. The molecule has 0 saturated carbocycles. The highest BCUT2D eigenvalue weighted by Gasteiger charge is 2.48. The fourth-order valence-corrected chi connectivity index (χ4v) is 4.43. The lowest BCUT2D eigenvalue weighted by Crippen LogP contribution is -2.48. The van der Waals surface area contributed by atoms with Gasteiger partial charge < -0.3 is 5.11 Å². The van der Waals surface area contributed by atoms with Gasteiger partial charge >= 0.3 is 0 Å². The van der Waals surface area contributed by atoms with Crippen LogP contribution in [-0.4, -0.2) is 16.6 Å². The first kappa shape index (κ1) is 13.9. The summed E-state index contributed by atoms with van der Waals surface area (Å²) >= 11 is 1.70. The summed E-state index contributed by atoms with van der Waals surface area (Å²) in [6.07, 6.45) is 0.904. The molecule has 1 aromatic rings. The van der Waals surface area contributed by atoms with Crippen LogP contribution in [0.1, 0.15) is 37.0 Å². The maximum atomic E-state index is 14.3. The van der Waals surface area contributed by atoms with E-state index in [1.165, 1.54) is 6.07 Å². The van der Waals surface area contributed by atoms with Gasteiger partial charge in [-0.15, -0.1) is 0 Å². The summed E-state index contributed by atoms with van der Waals surface area (Å²) < 4.78 is 14.3. The Morgan fingerprint density at radius 1 is 1.28 bits per heavy atom. The standard InChI is InChI=1S/C15H21FOS/c1-10-7-11(2)13(12(16)8-10)15(17)9-18-6-5-14(15,3)4/h7-8,17H,5-6,9H2,1-4H3. The van der Waals surface area contributed by atoms with Gasteiger partial charge in [0.25, 0.3) is 0 Å². The van der Waals surface area contributed by atoms with Crippen LogP contribution in [-0.2, 0) is 5.60 Å². The molecule has 3 heteroatoms. The van der Waals surface area contributed by atoms with E-state index in [0.29, 0.717) is 11.3 Å². The molecule has 1 saturated heterocycles. The van der Waals surface area contributed by atoms with Crippen molar-refractivity contribution in [3.8, 4) is 0 Å². The normalized spacial score (nSPS) is 27.2. The number of hydrogen-bond donors (Lipinski definition) is 1. The molecule has 1 aliphatic heterocycles. The maximum absolute atomic E-state index is 14.3. The largest absolute Gasteiger partial charge is 0.384 e. The second-order valence-corrected chi connectivity index (χ2v) is 7.09. The number of aliphatic hydroxyl groups is 1. The van der Waals surface area contributed by atoms with E-state index < -0.39 is 5.60 Å². The zero-order valence-electron chi connectivity index (χ0n) is 11.5. The van der Waals surface area contributed by atoms with Crippen molar-refractivity contribution in [2.75, 3.05) is 11.5 Å². The summed E-state index contributed by atoms with van der Waals surface area (Å²) in [5, 5.41) is 11.1. The van der Waals surface area contributed by atoms with E-state index in [4.69, 9.17) is 0 Å². The van der Waals surface area contributed by atoms with Crippen molar-refractivity contribution in [2.24, 2.45) is 5.41 Å². The Hall–Kier alpha value is -0.540. The summed E-state index contributed by atoms with van der Waals surface area (Å²) in [6.45, 7) is 7.83. The average Bonchev–Trinajstić information content (AvgIpc) is 2.21. The monoisotopic (exact) mass is 268 g/mol. The fraction of sp³-hybridized carbons (Fsp3) is 0.600. The van der Waals surface area contributed by atoms with Gasteiger partial charge in [-0.1, -0.05) is 19.9 Å². The van der Waals surface area contributed by atoms with Gasteiger partial charge in [0.1, 0.15) is 11.4 Å². The molecule has 0 radical (unpaired) electrons. The molecule has 0 aromatic heterocycles. The van der Waals surface area contributed by atoms with Crippen LogP contribution in [0.4, 0.5) is 4.39 Å². The Morgan fingerprint density at radius 2 is 1.94 bits per heavy atom. The number of rotatable bonds is 1. The van der Waals surface area contributed by atoms with Crippen LogP contribution in [0.25, 0.3) is 0 Å². The van der Waals surface area contributed by atoms with Gasteiger partial charge in [-0.3, -0.25) is 0 Å². The van der Waals surface area contributed by atoms with E-state index >= 15 is 0 Å². The zero-order chi connectivity index (χ0) is 13.6. The summed E-state index contributed by atoms with van der Waals surface area (Å²) in [4.78, 5) is 0. The molecular formula is C15H21FOS. The van der Waals surface area contributed by atoms with Gasteiger partial charge in [0.2, 0.25) is 0 Å². The van der Waals surface area contributed by atoms with Gasteiger partial charge in [0, 0.05) is 11.3 Å². The average molecular weight is 268 g/mol. The van der Waals surface area contributed by atoms with Crippen LogP contribution in [0, 0.1) is 25.1 Å². The molecule has 1 unspecified atom stereocenters. The van der Waals surface area contributed by atoms with E-state index in [9.17, 15) is 9.50 Å². The van der Waals surface area contributed by atoms with Crippen molar-refractivity contribution in [1.29, 1.82) is 0 Å². The molecule has 0 spiro atoms. The number of hydrogen-bond acceptors (Lipinski definition) is 2. The van der Waals surface area contributed by atoms with Crippen LogP contribution in [0.15, 0.2) is 12.1 Å². The minimum atomic E-state index is -1.07. The van der Waals surface area contributed by atoms with Gasteiger partial charge in [-0.05, 0) is 48.6 Å². The lowest BCUT2D eigenvalue weighted by molar-refractivity contribution is -0.0609. The SMILES string of the molecule is Cc1cc(C)c(C2(O)CSCCC2(C)C)c(F)c1. The van der Waals surface area contributed by atoms with Crippen molar-refractivity contribution in [2.45, 2.75) is 39.7 Å². The molecule has 1 aliphatic rings. The predicted molar refractivity (Wildman–Crippen MR) is 75.5 cm³/mol. The summed E-state index contributed by atoms with van der Waals surface area (Å²) in [5.41, 5.74) is 0.881. The van der Waals surface area contributed by atoms with Crippen molar-refractivity contribution in [3.63, 3.8) is 0 Å². The van der Waals surface area contributed by atoms with E-state index in [0.717, 1.165) is 23.3 Å². The molecule has 1 aromatic carbocycles. The van der Waals surface area contributed by atoms with Crippen LogP contribution in [0.5, 0.6) is 0 Å². The van der Waals surface area contributed by atoms with Crippen LogP contribution >= 0.6 is 11.8 Å². The number of benzene rings is 1. The predicted octanol–water partition coefficient (Wildman–Crippen LogP) is 3.79. The van der Waals surface area contributed by atoms with Gasteiger partial charge in [0.15, 0.2) is 0 Å². The molecule has 2 rings (SSSR count). The number of aryl methyl sites for hydroxylation is 2. The first-order valence-electron chi connectivity index (χ1n) is 6.35. The third kappa shape index (κ3) is 2.08. The van der Waals surface area contributed by atoms with Gasteiger partial charge in [-0.2, -0.15) is 11.8 Å². The van der Waals surface area contributed by atoms with Gasteiger partial charge in [0.05, 0.1) is 0 Å². The minimum Gasteiger partial charge on any atom is -0.384 e.